The molecule has 0 fully saturated rings. The van der Waals surface area contributed by atoms with Crippen molar-refractivity contribution in [2.24, 2.45) is 0 Å². The minimum absolute atomic E-state index is 0.0845. The van der Waals surface area contributed by atoms with E-state index in [-0.39, 0.29) is 23.6 Å². The Morgan fingerprint density at radius 2 is 2.00 bits per heavy atom. The normalized spacial score (nSPS) is 11.8. The molecule has 0 spiro atoms. The van der Waals surface area contributed by atoms with Crippen molar-refractivity contribution in [3.05, 3.63) is 77.1 Å². The highest BCUT2D eigenvalue weighted by atomic mass is 19.1. The zero-order valence-electron chi connectivity index (χ0n) is 13.9. The fourth-order valence-electron chi connectivity index (χ4n) is 2.64. The van der Waals surface area contributed by atoms with Gasteiger partial charge in [0.1, 0.15) is 28.8 Å². The second-order valence-corrected chi connectivity index (χ2v) is 5.69. The standard InChI is InChI=1S/C19H16FN3O3/c1-12-17(15(10-21)19(26-12)23-8-2-3-9-23)18(25)22-11-16(24)13-4-6-14(20)7-5-13/h2-9,16,24H,11H2,1H3,(H,22,25). The number of nitrogens with one attached hydrogen (secondary N) is 1. The summed E-state index contributed by atoms with van der Waals surface area (Å²) < 4.78 is 20.1. The van der Waals surface area contributed by atoms with Crippen LogP contribution in [-0.2, 0) is 0 Å². The Morgan fingerprint density at radius 3 is 2.62 bits per heavy atom. The molecule has 0 saturated heterocycles. The van der Waals surface area contributed by atoms with Gasteiger partial charge in [0.25, 0.3) is 5.91 Å². The number of rotatable bonds is 5. The number of aliphatic hydroxyl groups excluding tert-OH is 1. The molecule has 0 bridgehead atoms. The Hall–Kier alpha value is -3.37. The molecular formula is C19H16FN3O3. The van der Waals surface area contributed by atoms with E-state index in [2.05, 4.69) is 5.32 Å². The number of nitriles is 1. The molecule has 0 saturated carbocycles. The first-order valence-corrected chi connectivity index (χ1v) is 7.90. The van der Waals surface area contributed by atoms with E-state index in [1.807, 2.05) is 6.07 Å². The number of furan rings is 1. The number of carbonyl (C=O) groups excluding carboxylic acids is 1. The van der Waals surface area contributed by atoms with Crippen molar-refractivity contribution in [1.82, 2.24) is 9.88 Å². The summed E-state index contributed by atoms with van der Waals surface area (Å²) in [6.45, 7) is 1.51. The number of hydrogen-bond acceptors (Lipinski definition) is 4. The smallest absolute Gasteiger partial charge is 0.256 e. The number of aliphatic hydroxyl groups is 1. The molecule has 6 nitrogen and oxygen atoms in total. The van der Waals surface area contributed by atoms with Gasteiger partial charge in [-0.05, 0) is 36.8 Å². The number of carbonyl (C=O) groups is 1. The van der Waals surface area contributed by atoms with Crippen LogP contribution in [0.2, 0.25) is 0 Å². The lowest BCUT2D eigenvalue weighted by Gasteiger charge is -2.12. The maximum Gasteiger partial charge on any atom is 0.256 e. The van der Waals surface area contributed by atoms with E-state index >= 15 is 0 Å². The molecule has 0 radical (unpaired) electrons. The highest BCUT2D eigenvalue weighted by Gasteiger charge is 2.24. The van der Waals surface area contributed by atoms with Crippen molar-refractivity contribution < 1.29 is 18.7 Å². The van der Waals surface area contributed by atoms with Crippen molar-refractivity contribution in [3.63, 3.8) is 0 Å². The van der Waals surface area contributed by atoms with Gasteiger partial charge in [-0.2, -0.15) is 5.26 Å². The largest absolute Gasteiger partial charge is 0.443 e. The van der Waals surface area contributed by atoms with Gasteiger partial charge >= 0.3 is 0 Å². The molecule has 1 amide bonds. The number of hydrogen-bond donors (Lipinski definition) is 2. The lowest BCUT2D eigenvalue weighted by molar-refractivity contribution is 0.0914. The average molecular weight is 353 g/mol. The average Bonchev–Trinajstić information content (AvgIpc) is 3.27. The van der Waals surface area contributed by atoms with Crippen LogP contribution in [0.3, 0.4) is 0 Å². The van der Waals surface area contributed by atoms with Crippen molar-refractivity contribution >= 4 is 5.91 Å². The molecule has 1 unspecified atom stereocenters. The number of benzene rings is 1. The highest BCUT2D eigenvalue weighted by molar-refractivity contribution is 5.98. The molecule has 0 aliphatic rings. The SMILES string of the molecule is Cc1oc(-n2cccc2)c(C#N)c1C(=O)NCC(O)c1ccc(F)cc1. The summed E-state index contributed by atoms with van der Waals surface area (Å²) >= 11 is 0. The van der Waals surface area contributed by atoms with Gasteiger partial charge in [-0.3, -0.25) is 9.36 Å². The van der Waals surface area contributed by atoms with Gasteiger partial charge in [0.2, 0.25) is 5.88 Å². The van der Waals surface area contributed by atoms with Gasteiger partial charge < -0.3 is 14.8 Å². The van der Waals surface area contributed by atoms with Gasteiger partial charge in [0.05, 0.1) is 6.10 Å². The minimum Gasteiger partial charge on any atom is -0.443 e. The minimum atomic E-state index is -0.999. The van der Waals surface area contributed by atoms with Crippen LogP contribution in [0.4, 0.5) is 4.39 Å². The summed E-state index contributed by atoms with van der Waals surface area (Å²) in [5, 5.41) is 22.2. The first-order valence-electron chi connectivity index (χ1n) is 7.90. The fraction of sp³-hybridized carbons (Fsp3) is 0.158. The lowest BCUT2D eigenvalue weighted by atomic mass is 10.1. The second-order valence-electron chi connectivity index (χ2n) is 5.69. The molecule has 7 heteroatoms. The summed E-state index contributed by atoms with van der Waals surface area (Å²) in [5.41, 5.74) is 0.721. The lowest BCUT2D eigenvalue weighted by Crippen LogP contribution is -2.29. The van der Waals surface area contributed by atoms with Gasteiger partial charge in [-0.15, -0.1) is 0 Å². The zero-order chi connectivity index (χ0) is 18.7. The molecule has 0 aliphatic carbocycles. The molecule has 3 rings (SSSR count). The van der Waals surface area contributed by atoms with Crippen LogP contribution in [0.15, 0.2) is 53.2 Å². The quantitative estimate of drug-likeness (QED) is 0.738. The Bertz CT molecular complexity index is 953. The van der Waals surface area contributed by atoms with E-state index in [1.54, 1.807) is 36.0 Å². The molecule has 2 N–H and O–H groups in total. The second kappa shape index (κ2) is 7.25. The number of aryl methyl sites for hydroxylation is 1. The Labute approximate surface area is 149 Å². The molecule has 132 valence electrons. The third-order valence-electron chi connectivity index (χ3n) is 3.95. The van der Waals surface area contributed by atoms with Gasteiger partial charge in [-0.25, -0.2) is 4.39 Å². The molecule has 26 heavy (non-hydrogen) atoms. The molecule has 1 atom stereocenters. The van der Waals surface area contributed by atoms with Crippen molar-refractivity contribution in [2.45, 2.75) is 13.0 Å². The van der Waals surface area contributed by atoms with Gasteiger partial charge in [0.15, 0.2) is 0 Å². The molecule has 2 aromatic heterocycles. The summed E-state index contributed by atoms with van der Waals surface area (Å²) in [4.78, 5) is 12.5. The third kappa shape index (κ3) is 3.36. The third-order valence-corrected chi connectivity index (χ3v) is 3.95. The molecule has 2 heterocycles. The Kier molecular flexibility index (Phi) is 4.87. The zero-order valence-corrected chi connectivity index (χ0v) is 13.9. The van der Waals surface area contributed by atoms with Crippen molar-refractivity contribution in [1.29, 1.82) is 5.26 Å². The summed E-state index contributed by atoms with van der Waals surface area (Å²) in [6, 6.07) is 10.9. The van der Waals surface area contributed by atoms with Gasteiger partial charge in [-0.1, -0.05) is 12.1 Å². The van der Waals surface area contributed by atoms with Crippen molar-refractivity contribution in [3.8, 4) is 12.0 Å². The fourth-order valence-corrected chi connectivity index (χ4v) is 2.64. The number of nitrogens with zero attached hydrogens (tertiary/aromatic N) is 2. The van der Waals surface area contributed by atoms with Gasteiger partial charge in [0, 0.05) is 18.9 Å². The molecule has 0 aliphatic heterocycles. The highest BCUT2D eigenvalue weighted by Crippen LogP contribution is 2.25. The predicted octanol–water partition coefficient (Wildman–Crippen LogP) is 2.85. The first kappa shape index (κ1) is 17.5. The van der Waals surface area contributed by atoms with Crippen LogP contribution >= 0.6 is 0 Å². The first-order chi connectivity index (χ1) is 12.5. The Balaban J connectivity index is 1.78. The van der Waals surface area contributed by atoms with E-state index in [0.717, 1.165) is 0 Å². The number of halogens is 1. The topological polar surface area (TPSA) is 91.2 Å². The number of amides is 1. The van der Waals surface area contributed by atoms with E-state index in [4.69, 9.17) is 4.42 Å². The van der Waals surface area contributed by atoms with E-state index < -0.39 is 17.8 Å². The maximum atomic E-state index is 12.9. The van der Waals surface area contributed by atoms with E-state index in [0.29, 0.717) is 11.3 Å². The summed E-state index contributed by atoms with van der Waals surface area (Å²) in [7, 11) is 0. The van der Waals surface area contributed by atoms with Crippen LogP contribution in [0.5, 0.6) is 0 Å². The maximum absolute atomic E-state index is 12.9. The van der Waals surface area contributed by atoms with E-state index in [1.165, 1.54) is 24.3 Å². The molecular weight excluding hydrogens is 337 g/mol. The van der Waals surface area contributed by atoms with Crippen LogP contribution in [-0.4, -0.2) is 22.1 Å². The molecule has 1 aromatic carbocycles. The molecule has 3 aromatic rings. The van der Waals surface area contributed by atoms with Crippen LogP contribution in [0, 0.1) is 24.1 Å². The van der Waals surface area contributed by atoms with Crippen molar-refractivity contribution in [2.75, 3.05) is 6.54 Å². The van der Waals surface area contributed by atoms with Crippen LogP contribution in [0.1, 0.15) is 33.3 Å². The van der Waals surface area contributed by atoms with Crippen LogP contribution in [0.25, 0.3) is 5.88 Å². The number of aromatic nitrogens is 1. The summed E-state index contributed by atoms with van der Waals surface area (Å²) in [6.07, 6.45) is 2.42. The monoisotopic (exact) mass is 353 g/mol. The van der Waals surface area contributed by atoms with E-state index in [9.17, 15) is 19.6 Å². The Morgan fingerprint density at radius 1 is 1.35 bits per heavy atom. The summed E-state index contributed by atoms with van der Waals surface area (Å²) in [5.74, 6) is -0.365. The predicted molar refractivity (Wildman–Crippen MR) is 91.2 cm³/mol. The van der Waals surface area contributed by atoms with Crippen LogP contribution < -0.4 is 5.32 Å².